The highest BCUT2D eigenvalue weighted by atomic mass is 16.5. The van der Waals surface area contributed by atoms with Crippen LogP contribution in [-0.4, -0.2) is 42.6 Å². The van der Waals surface area contributed by atoms with Crippen molar-refractivity contribution in [3.05, 3.63) is 48.3 Å². The van der Waals surface area contributed by atoms with Crippen LogP contribution >= 0.6 is 0 Å². The number of ether oxygens (including phenoxy) is 1. The van der Waals surface area contributed by atoms with Gasteiger partial charge in [-0.25, -0.2) is 9.97 Å². The summed E-state index contributed by atoms with van der Waals surface area (Å²) < 4.78 is 5.47. The van der Waals surface area contributed by atoms with Gasteiger partial charge < -0.3 is 15.0 Å². The molecule has 142 valence electrons. The lowest BCUT2D eigenvalue weighted by atomic mass is 9.92. The molecule has 0 unspecified atom stereocenters. The number of aromatic nitrogens is 2. The maximum Gasteiger partial charge on any atom is 0.230 e. The molecular weight excluding hydrogens is 340 g/mol. The van der Waals surface area contributed by atoms with Crippen LogP contribution in [0.2, 0.25) is 0 Å². The molecule has 1 aliphatic carbocycles. The van der Waals surface area contributed by atoms with Gasteiger partial charge in [-0.2, -0.15) is 0 Å². The van der Waals surface area contributed by atoms with E-state index >= 15 is 0 Å². The second-order valence-electron chi connectivity index (χ2n) is 7.47. The SMILES string of the molecule is COc1ccccc1C1(C(=O)NCC2CCN(c3ncccn3)CC2)CC1. The number of hydrogen-bond acceptors (Lipinski definition) is 5. The molecule has 6 heteroatoms. The summed E-state index contributed by atoms with van der Waals surface area (Å²) in [6.07, 6.45) is 7.43. The van der Waals surface area contributed by atoms with E-state index in [1.54, 1.807) is 19.5 Å². The first-order valence-corrected chi connectivity index (χ1v) is 9.67. The van der Waals surface area contributed by atoms with Crippen LogP contribution in [0.15, 0.2) is 42.7 Å². The molecule has 2 aliphatic rings. The van der Waals surface area contributed by atoms with Gasteiger partial charge in [-0.3, -0.25) is 4.79 Å². The zero-order chi connectivity index (χ0) is 18.7. The molecule has 1 saturated heterocycles. The molecule has 1 aliphatic heterocycles. The summed E-state index contributed by atoms with van der Waals surface area (Å²) in [4.78, 5) is 23.8. The highest BCUT2D eigenvalue weighted by Crippen LogP contribution is 2.51. The number of nitrogens with zero attached hydrogens (tertiary/aromatic N) is 3. The first kappa shape index (κ1) is 17.8. The van der Waals surface area contributed by atoms with Crippen molar-refractivity contribution in [2.75, 3.05) is 31.6 Å². The van der Waals surface area contributed by atoms with Gasteiger partial charge in [0.1, 0.15) is 5.75 Å². The highest BCUT2D eigenvalue weighted by Gasteiger charge is 2.52. The Balaban J connectivity index is 1.31. The molecule has 4 rings (SSSR count). The van der Waals surface area contributed by atoms with E-state index in [2.05, 4.69) is 20.2 Å². The number of amides is 1. The number of carbonyl (C=O) groups is 1. The van der Waals surface area contributed by atoms with Crippen LogP contribution in [0.3, 0.4) is 0 Å². The molecule has 2 aromatic rings. The van der Waals surface area contributed by atoms with Crippen LogP contribution in [-0.2, 0) is 10.2 Å². The van der Waals surface area contributed by atoms with E-state index < -0.39 is 5.41 Å². The number of anilines is 1. The average Bonchev–Trinajstić information content (AvgIpc) is 3.55. The maximum atomic E-state index is 12.9. The standard InChI is InChI=1S/C21H26N4O2/c1-27-18-6-3-2-5-17(18)21(9-10-21)19(26)24-15-16-7-13-25(14-8-16)20-22-11-4-12-23-20/h2-6,11-12,16H,7-10,13-15H2,1H3,(H,24,26). The summed E-state index contributed by atoms with van der Waals surface area (Å²) in [7, 11) is 1.66. The maximum absolute atomic E-state index is 12.9. The van der Waals surface area contributed by atoms with Crippen LogP contribution in [0, 0.1) is 5.92 Å². The predicted molar refractivity (Wildman–Crippen MR) is 104 cm³/mol. The van der Waals surface area contributed by atoms with Gasteiger partial charge in [-0.15, -0.1) is 0 Å². The fourth-order valence-corrected chi connectivity index (χ4v) is 3.98. The molecule has 1 N–H and O–H groups in total. The lowest BCUT2D eigenvalue weighted by Gasteiger charge is -2.32. The molecule has 1 aromatic carbocycles. The highest BCUT2D eigenvalue weighted by molar-refractivity contribution is 5.92. The number of hydrogen-bond donors (Lipinski definition) is 1. The second kappa shape index (κ2) is 7.55. The number of nitrogens with one attached hydrogen (secondary N) is 1. The Kier molecular flexibility index (Phi) is 4.97. The van der Waals surface area contributed by atoms with Crippen molar-refractivity contribution in [2.24, 2.45) is 5.92 Å². The molecular formula is C21H26N4O2. The van der Waals surface area contributed by atoms with Gasteiger partial charge in [-0.1, -0.05) is 18.2 Å². The van der Waals surface area contributed by atoms with Gasteiger partial charge in [0.15, 0.2) is 0 Å². The van der Waals surface area contributed by atoms with Crippen LogP contribution in [0.1, 0.15) is 31.2 Å². The van der Waals surface area contributed by atoms with Gasteiger partial charge in [0, 0.05) is 37.6 Å². The fraction of sp³-hybridized carbons (Fsp3) is 0.476. The zero-order valence-electron chi connectivity index (χ0n) is 15.7. The van der Waals surface area contributed by atoms with Crippen LogP contribution in [0.5, 0.6) is 5.75 Å². The third-order valence-electron chi connectivity index (χ3n) is 5.81. The summed E-state index contributed by atoms with van der Waals surface area (Å²) in [6.45, 7) is 2.60. The smallest absolute Gasteiger partial charge is 0.230 e. The monoisotopic (exact) mass is 366 g/mol. The summed E-state index contributed by atoms with van der Waals surface area (Å²) in [5.41, 5.74) is 0.617. The minimum atomic E-state index is -0.398. The predicted octanol–water partition coefficient (Wildman–Crippen LogP) is 2.55. The first-order chi connectivity index (χ1) is 13.2. The Morgan fingerprint density at radius 1 is 1.19 bits per heavy atom. The van der Waals surface area contributed by atoms with Crippen molar-refractivity contribution < 1.29 is 9.53 Å². The van der Waals surface area contributed by atoms with Crippen molar-refractivity contribution in [3.8, 4) is 5.75 Å². The van der Waals surface area contributed by atoms with E-state index in [1.807, 2.05) is 30.3 Å². The van der Waals surface area contributed by atoms with Gasteiger partial charge >= 0.3 is 0 Å². The molecule has 0 spiro atoms. The lowest BCUT2D eigenvalue weighted by Crippen LogP contribution is -2.42. The Hall–Kier alpha value is -2.63. The van der Waals surface area contributed by atoms with Crippen LogP contribution in [0.4, 0.5) is 5.95 Å². The van der Waals surface area contributed by atoms with E-state index in [0.29, 0.717) is 5.92 Å². The molecule has 1 saturated carbocycles. The number of benzene rings is 1. The number of para-hydroxylation sites is 1. The normalized spacial score (nSPS) is 18.8. The number of methoxy groups -OCH3 is 1. The molecule has 27 heavy (non-hydrogen) atoms. The molecule has 1 aromatic heterocycles. The van der Waals surface area contributed by atoms with E-state index in [-0.39, 0.29) is 5.91 Å². The Labute approximate surface area is 160 Å². The second-order valence-corrected chi connectivity index (χ2v) is 7.47. The third-order valence-corrected chi connectivity index (χ3v) is 5.81. The zero-order valence-corrected chi connectivity index (χ0v) is 15.7. The summed E-state index contributed by atoms with van der Waals surface area (Å²) in [5.74, 6) is 2.25. The van der Waals surface area contributed by atoms with Crippen LogP contribution < -0.4 is 15.0 Å². The van der Waals surface area contributed by atoms with Crippen molar-refractivity contribution in [1.29, 1.82) is 0 Å². The quantitative estimate of drug-likeness (QED) is 0.851. The molecule has 2 heterocycles. The lowest BCUT2D eigenvalue weighted by molar-refractivity contribution is -0.123. The van der Waals surface area contributed by atoms with E-state index in [0.717, 1.165) is 62.6 Å². The third kappa shape index (κ3) is 3.61. The van der Waals surface area contributed by atoms with Gasteiger partial charge in [0.2, 0.25) is 11.9 Å². The number of piperidine rings is 1. The van der Waals surface area contributed by atoms with Gasteiger partial charge in [-0.05, 0) is 43.7 Å². The van der Waals surface area contributed by atoms with Crippen molar-refractivity contribution in [1.82, 2.24) is 15.3 Å². The Morgan fingerprint density at radius 3 is 2.56 bits per heavy atom. The molecule has 1 amide bonds. The Bertz CT molecular complexity index is 784. The molecule has 0 bridgehead atoms. The van der Waals surface area contributed by atoms with Gasteiger partial charge in [0.05, 0.1) is 12.5 Å². The summed E-state index contributed by atoms with van der Waals surface area (Å²) >= 11 is 0. The van der Waals surface area contributed by atoms with Gasteiger partial charge in [0.25, 0.3) is 0 Å². The largest absolute Gasteiger partial charge is 0.496 e. The minimum absolute atomic E-state index is 0.140. The van der Waals surface area contributed by atoms with E-state index in [9.17, 15) is 4.79 Å². The van der Waals surface area contributed by atoms with Crippen molar-refractivity contribution in [3.63, 3.8) is 0 Å². The van der Waals surface area contributed by atoms with Crippen LogP contribution in [0.25, 0.3) is 0 Å². The minimum Gasteiger partial charge on any atom is -0.496 e. The Morgan fingerprint density at radius 2 is 1.89 bits per heavy atom. The topological polar surface area (TPSA) is 67.3 Å². The van der Waals surface area contributed by atoms with E-state index in [4.69, 9.17) is 4.74 Å². The average molecular weight is 366 g/mol. The summed E-state index contributed by atoms with van der Waals surface area (Å²) in [6, 6.07) is 9.71. The first-order valence-electron chi connectivity index (χ1n) is 9.67. The number of rotatable bonds is 6. The van der Waals surface area contributed by atoms with E-state index in [1.165, 1.54) is 0 Å². The molecule has 2 fully saturated rings. The molecule has 0 radical (unpaired) electrons. The number of carbonyl (C=O) groups excluding carboxylic acids is 1. The van der Waals surface area contributed by atoms with Crippen molar-refractivity contribution in [2.45, 2.75) is 31.1 Å². The summed E-state index contributed by atoms with van der Waals surface area (Å²) in [5, 5.41) is 3.22. The van der Waals surface area contributed by atoms with Crippen molar-refractivity contribution >= 4 is 11.9 Å². The fourth-order valence-electron chi connectivity index (χ4n) is 3.98. The molecule has 0 atom stereocenters. The molecule has 6 nitrogen and oxygen atoms in total.